The van der Waals surface area contributed by atoms with Crippen LogP contribution in [0.15, 0.2) is 60.7 Å². The molecule has 2 N–H and O–H groups in total. The van der Waals surface area contributed by atoms with Crippen LogP contribution < -0.4 is 10.6 Å². The zero-order chi connectivity index (χ0) is 26.4. The summed E-state index contributed by atoms with van der Waals surface area (Å²) in [7, 11) is 0. The third kappa shape index (κ3) is 4.40. The summed E-state index contributed by atoms with van der Waals surface area (Å²) < 4.78 is 6.42. The molecule has 2 aromatic rings. The number of halogens is 2. The van der Waals surface area contributed by atoms with Crippen LogP contribution in [0.4, 0.5) is 5.69 Å². The summed E-state index contributed by atoms with van der Waals surface area (Å²) in [6, 6.07) is 13.2. The number of amides is 3. The van der Waals surface area contributed by atoms with E-state index >= 15 is 0 Å². The minimum Gasteiger partial charge on any atom is -0.359 e. The third-order valence-electron chi connectivity index (χ3n) is 8.25. The average molecular weight is 554 g/mol. The molecule has 3 heterocycles. The van der Waals surface area contributed by atoms with Crippen LogP contribution in [0.2, 0.25) is 10.0 Å². The van der Waals surface area contributed by atoms with Gasteiger partial charge in [-0.25, -0.2) is 0 Å². The highest BCUT2D eigenvalue weighted by molar-refractivity contribution is 6.30. The first-order valence-corrected chi connectivity index (χ1v) is 13.9. The molecule has 2 saturated heterocycles. The summed E-state index contributed by atoms with van der Waals surface area (Å²) >= 11 is 12.1. The Morgan fingerprint density at radius 3 is 2.29 bits per heavy atom. The first kappa shape index (κ1) is 25.4. The van der Waals surface area contributed by atoms with Crippen molar-refractivity contribution in [3.05, 3.63) is 76.3 Å². The van der Waals surface area contributed by atoms with Gasteiger partial charge in [-0.15, -0.1) is 0 Å². The Bertz CT molecular complexity index is 1280. The maximum atomic E-state index is 14.1. The van der Waals surface area contributed by atoms with Crippen molar-refractivity contribution in [1.29, 1.82) is 0 Å². The normalized spacial score (nSPS) is 29.9. The van der Waals surface area contributed by atoms with Gasteiger partial charge < -0.3 is 20.3 Å². The van der Waals surface area contributed by atoms with Crippen LogP contribution in [0.3, 0.4) is 0 Å². The van der Waals surface area contributed by atoms with E-state index in [4.69, 9.17) is 27.9 Å². The van der Waals surface area contributed by atoms with Gasteiger partial charge in [-0.2, -0.15) is 0 Å². The first-order valence-electron chi connectivity index (χ1n) is 13.1. The van der Waals surface area contributed by atoms with Crippen LogP contribution in [0.5, 0.6) is 0 Å². The highest BCUT2D eigenvalue weighted by atomic mass is 35.5. The van der Waals surface area contributed by atoms with Crippen LogP contribution in [0.25, 0.3) is 0 Å². The minimum absolute atomic E-state index is 0.0748. The Labute approximate surface area is 231 Å². The van der Waals surface area contributed by atoms with Crippen molar-refractivity contribution in [2.75, 3.05) is 5.32 Å². The molecule has 3 fully saturated rings. The lowest BCUT2D eigenvalue weighted by Crippen LogP contribution is -2.56. The van der Waals surface area contributed by atoms with Gasteiger partial charge in [-0.05, 0) is 54.8 Å². The van der Waals surface area contributed by atoms with Gasteiger partial charge in [0.05, 0.1) is 17.9 Å². The number of nitrogens with one attached hydrogen (secondary N) is 2. The molecule has 3 aliphatic heterocycles. The lowest BCUT2D eigenvalue weighted by molar-refractivity contribution is -0.142. The molecule has 0 radical (unpaired) electrons. The average Bonchev–Trinajstić information content (AvgIpc) is 3.55. The number of carbonyl (C=O) groups is 3. The van der Waals surface area contributed by atoms with E-state index in [2.05, 4.69) is 10.6 Å². The molecule has 4 aliphatic rings. The van der Waals surface area contributed by atoms with Crippen molar-refractivity contribution >= 4 is 46.6 Å². The summed E-state index contributed by atoms with van der Waals surface area (Å²) in [5, 5.41) is 7.26. The van der Waals surface area contributed by atoms with Crippen molar-refractivity contribution in [2.45, 2.75) is 62.4 Å². The largest absolute Gasteiger partial charge is 0.359 e. The molecule has 38 heavy (non-hydrogen) atoms. The van der Waals surface area contributed by atoms with Crippen molar-refractivity contribution in [1.82, 2.24) is 10.2 Å². The quantitative estimate of drug-likeness (QED) is 0.506. The van der Waals surface area contributed by atoms with Crippen LogP contribution in [-0.4, -0.2) is 46.4 Å². The molecule has 3 amide bonds. The summed E-state index contributed by atoms with van der Waals surface area (Å²) in [5.41, 5.74) is 0.222. The molecule has 1 saturated carbocycles. The van der Waals surface area contributed by atoms with Crippen molar-refractivity contribution in [3.8, 4) is 0 Å². The fourth-order valence-corrected chi connectivity index (χ4v) is 6.76. The number of nitrogens with zero attached hydrogens (tertiary/aromatic N) is 1. The predicted molar refractivity (Wildman–Crippen MR) is 145 cm³/mol. The van der Waals surface area contributed by atoms with Gasteiger partial charge in [0.15, 0.2) is 0 Å². The maximum absolute atomic E-state index is 14.1. The number of rotatable bonds is 6. The van der Waals surface area contributed by atoms with Gasteiger partial charge in [0.2, 0.25) is 17.7 Å². The maximum Gasteiger partial charge on any atom is 0.246 e. The lowest BCUT2D eigenvalue weighted by atomic mass is 9.74. The number of likely N-dealkylation sites (tertiary alicyclic amines) is 1. The van der Waals surface area contributed by atoms with E-state index in [9.17, 15) is 14.4 Å². The molecule has 5 atom stereocenters. The highest BCUT2D eigenvalue weighted by Crippen LogP contribution is 2.55. The summed E-state index contributed by atoms with van der Waals surface area (Å²) in [4.78, 5) is 43.1. The monoisotopic (exact) mass is 553 g/mol. The molecule has 2 aromatic carbocycles. The summed E-state index contributed by atoms with van der Waals surface area (Å²) in [6.45, 7) is 0.213. The van der Waals surface area contributed by atoms with Crippen LogP contribution in [0.1, 0.15) is 37.7 Å². The molecule has 1 aliphatic carbocycles. The number of hydrogen-bond acceptors (Lipinski definition) is 4. The van der Waals surface area contributed by atoms with Crippen LogP contribution in [-0.2, 0) is 25.7 Å². The molecule has 6 rings (SSSR count). The molecule has 0 aromatic heterocycles. The predicted octanol–water partition coefficient (Wildman–Crippen LogP) is 4.73. The van der Waals surface area contributed by atoms with E-state index in [1.807, 2.05) is 24.3 Å². The Kier molecular flexibility index (Phi) is 6.70. The molecular weight excluding hydrogens is 525 g/mol. The van der Waals surface area contributed by atoms with Crippen molar-refractivity contribution in [2.24, 2.45) is 11.8 Å². The minimum atomic E-state index is -1.20. The Hall–Kier alpha value is -2.87. The number of fused-ring (bicyclic) bond motifs is 1. The Morgan fingerprint density at radius 1 is 0.947 bits per heavy atom. The van der Waals surface area contributed by atoms with Crippen LogP contribution in [0, 0.1) is 11.8 Å². The second-order valence-electron chi connectivity index (χ2n) is 10.6. The third-order valence-corrected chi connectivity index (χ3v) is 8.76. The fourth-order valence-electron chi connectivity index (χ4n) is 6.51. The molecule has 7 nitrogen and oxygen atoms in total. The first-order chi connectivity index (χ1) is 18.4. The van der Waals surface area contributed by atoms with E-state index in [1.165, 1.54) is 6.42 Å². The zero-order valence-corrected chi connectivity index (χ0v) is 22.3. The van der Waals surface area contributed by atoms with Gasteiger partial charge in [-0.3, -0.25) is 14.4 Å². The lowest BCUT2D eigenvalue weighted by Gasteiger charge is -2.34. The zero-order valence-electron chi connectivity index (χ0n) is 20.7. The highest BCUT2D eigenvalue weighted by Gasteiger charge is 2.72. The SMILES string of the molecule is O=C(Nc1ccc(Cl)cc1)[C@@H]1[C@H]2C=C[C@]3(O2)[C@H](C(=O)NC2CCCCC2)N(Cc2ccc(Cl)cc2)C(=O)[C@@H]13. The fraction of sp³-hybridized carbons (Fsp3) is 0.414. The van der Waals surface area contributed by atoms with Crippen LogP contribution >= 0.6 is 23.2 Å². The number of hydrogen-bond donors (Lipinski definition) is 2. The number of carbonyl (C=O) groups excluding carboxylic acids is 3. The Balaban J connectivity index is 1.32. The van der Waals surface area contributed by atoms with Crippen molar-refractivity contribution < 1.29 is 19.1 Å². The van der Waals surface area contributed by atoms with Gasteiger partial charge in [-0.1, -0.05) is 66.7 Å². The van der Waals surface area contributed by atoms with E-state index in [1.54, 1.807) is 41.3 Å². The van der Waals surface area contributed by atoms with E-state index in [-0.39, 0.29) is 30.3 Å². The number of ether oxygens (including phenoxy) is 1. The van der Waals surface area contributed by atoms with E-state index in [0.717, 1.165) is 31.2 Å². The van der Waals surface area contributed by atoms with Gasteiger partial charge in [0.1, 0.15) is 11.6 Å². The topological polar surface area (TPSA) is 87.7 Å². The van der Waals surface area contributed by atoms with E-state index < -0.39 is 29.6 Å². The van der Waals surface area contributed by atoms with Gasteiger partial charge in [0, 0.05) is 28.3 Å². The van der Waals surface area contributed by atoms with Gasteiger partial charge in [0.25, 0.3) is 0 Å². The molecule has 198 valence electrons. The summed E-state index contributed by atoms with van der Waals surface area (Å²) in [6.07, 6.45) is 8.23. The second-order valence-corrected chi connectivity index (χ2v) is 11.5. The molecule has 0 unspecified atom stereocenters. The number of anilines is 1. The Morgan fingerprint density at radius 2 is 1.61 bits per heavy atom. The smallest absolute Gasteiger partial charge is 0.246 e. The van der Waals surface area contributed by atoms with Crippen molar-refractivity contribution in [3.63, 3.8) is 0 Å². The molecular formula is C29H29Cl2N3O4. The van der Waals surface area contributed by atoms with E-state index in [0.29, 0.717) is 15.7 Å². The molecule has 1 spiro atoms. The molecule has 2 bridgehead atoms. The second kappa shape index (κ2) is 10.0. The van der Waals surface area contributed by atoms with Gasteiger partial charge >= 0.3 is 0 Å². The molecule has 9 heteroatoms. The number of benzene rings is 2. The standard InChI is InChI=1S/C29H29Cl2N3O4/c30-18-8-6-17(7-9-18)16-34-25(27(36)33-20-4-2-1-3-5-20)29-15-14-22(38-29)23(24(29)28(34)37)26(35)32-21-12-10-19(31)11-13-21/h6-15,20,22-25H,1-5,16H2,(H,32,35)(H,33,36)/t22-,23-,24-,25+,29-/m1/s1. The summed E-state index contributed by atoms with van der Waals surface area (Å²) in [5.74, 6) is -2.37.